The van der Waals surface area contributed by atoms with Gasteiger partial charge in [0.1, 0.15) is 12.0 Å². The number of hydrogen-bond donors (Lipinski definition) is 1. The second-order valence-electron chi connectivity index (χ2n) is 5.46. The summed E-state index contributed by atoms with van der Waals surface area (Å²) in [6, 6.07) is 1.31. The van der Waals surface area contributed by atoms with Crippen LogP contribution in [0.15, 0.2) is 12.4 Å². The number of methoxy groups -OCH3 is 1. The Morgan fingerprint density at radius 1 is 1.42 bits per heavy atom. The molecule has 0 unspecified atom stereocenters. The molecule has 2 aromatic rings. The number of carbonyl (C=O) groups is 2. The highest BCUT2D eigenvalue weighted by Crippen LogP contribution is 2.16. The zero-order chi connectivity index (χ0) is 17.1. The van der Waals surface area contributed by atoms with Crippen LogP contribution in [0.2, 0.25) is 0 Å². The van der Waals surface area contributed by atoms with E-state index < -0.39 is 5.97 Å². The molecule has 128 valence electrons. The van der Waals surface area contributed by atoms with Crippen LogP contribution in [0.25, 0.3) is 0 Å². The Bertz CT molecular complexity index is 752. The average Bonchev–Trinajstić information content (AvgIpc) is 3.18. The first-order chi connectivity index (χ1) is 11.6. The topological polar surface area (TPSA) is 115 Å². The zero-order valence-corrected chi connectivity index (χ0v) is 13.3. The molecule has 0 spiro atoms. The van der Waals surface area contributed by atoms with E-state index in [1.165, 1.54) is 10.7 Å². The van der Waals surface area contributed by atoms with Gasteiger partial charge in [0.05, 0.1) is 13.1 Å². The molecule has 3 rings (SSSR count). The zero-order valence-electron chi connectivity index (χ0n) is 13.3. The number of aryl methyl sites for hydroxylation is 1. The van der Waals surface area contributed by atoms with Gasteiger partial charge in [0.15, 0.2) is 11.5 Å². The van der Waals surface area contributed by atoms with E-state index in [-0.39, 0.29) is 17.3 Å². The summed E-state index contributed by atoms with van der Waals surface area (Å²) in [6.45, 7) is 2.56. The van der Waals surface area contributed by atoms with E-state index in [1.54, 1.807) is 18.3 Å². The smallest absolute Gasteiger partial charge is 0.356 e. The van der Waals surface area contributed by atoms with E-state index in [0.717, 1.165) is 6.42 Å². The van der Waals surface area contributed by atoms with Crippen LogP contribution in [-0.2, 0) is 24.4 Å². The first-order valence-electron chi connectivity index (χ1n) is 7.56. The highest BCUT2D eigenvalue weighted by Gasteiger charge is 2.28. The molecule has 0 radical (unpaired) electrons. The Balaban J connectivity index is 1.72. The summed E-state index contributed by atoms with van der Waals surface area (Å²) in [5, 5.41) is 20.9. The van der Waals surface area contributed by atoms with Gasteiger partial charge >= 0.3 is 5.97 Å². The maximum Gasteiger partial charge on any atom is 0.356 e. The van der Waals surface area contributed by atoms with E-state index in [2.05, 4.69) is 15.3 Å². The summed E-state index contributed by atoms with van der Waals surface area (Å²) in [4.78, 5) is 25.2. The van der Waals surface area contributed by atoms with Crippen molar-refractivity contribution in [1.82, 2.24) is 29.4 Å². The van der Waals surface area contributed by atoms with Gasteiger partial charge in [-0.15, -0.1) is 10.2 Å². The monoisotopic (exact) mass is 334 g/mol. The molecule has 0 bridgehead atoms. The molecule has 2 aromatic heterocycles. The van der Waals surface area contributed by atoms with E-state index in [4.69, 9.17) is 9.84 Å². The third kappa shape index (κ3) is 3.13. The lowest BCUT2D eigenvalue weighted by Crippen LogP contribution is -2.40. The van der Waals surface area contributed by atoms with Gasteiger partial charge in [-0.2, -0.15) is 5.10 Å². The Hall–Kier alpha value is -2.75. The van der Waals surface area contributed by atoms with Crippen molar-refractivity contribution in [2.24, 2.45) is 0 Å². The van der Waals surface area contributed by atoms with Crippen molar-refractivity contribution in [3.05, 3.63) is 29.6 Å². The van der Waals surface area contributed by atoms with Crippen molar-refractivity contribution in [3.8, 4) is 0 Å². The summed E-state index contributed by atoms with van der Waals surface area (Å²) in [6.07, 6.45) is 2.45. The van der Waals surface area contributed by atoms with Crippen LogP contribution in [0.5, 0.6) is 0 Å². The second kappa shape index (κ2) is 6.79. The Kier molecular flexibility index (Phi) is 4.56. The Morgan fingerprint density at radius 2 is 2.25 bits per heavy atom. The number of carbonyl (C=O) groups excluding carboxylic acids is 1. The van der Waals surface area contributed by atoms with Crippen molar-refractivity contribution in [1.29, 1.82) is 0 Å². The highest BCUT2D eigenvalue weighted by atomic mass is 16.5. The van der Waals surface area contributed by atoms with Gasteiger partial charge in [-0.1, -0.05) is 0 Å². The van der Waals surface area contributed by atoms with E-state index in [0.29, 0.717) is 38.6 Å². The van der Waals surface area contributed by atoms with Gasteiger partial charge in [0, 0.05) is 32.9 Å². The third-order valence-corrected chi connectivity index (χ3v) is 3.86. The lowest BCUT2D eigenvalue weighted by atomic mass is 10.2. The van der Waals surface area contributed by atoms with Gasteiger partial charge in [-0.25, -0.2) is 4.79 Å². The number of hydrogen-bond acceptors (Lipinski definition) is 6. The summed E-state index contributed by atoms with van der Waals surface area (Å²) in [5.74, 6) is -0.715. The molecular weight excluding hydrogens is 316 g/mol. The molecule has 10 heteroatoms. The van der Waals surface area contributed by atoms with Crippen molar-refractivity contribution in [3.63, 3.8) is 0 Å². The van der Waals surface area contributed by atoms with Gasteiger partial charge in [-0.3, -0.25) is 9.48 Å². The maximum atomic E-state index is 12.5. The molecule has 3 heterocycles. The number of ether oxygens (including phenoxy) is 1. The van der Waals surface area contributed by atoms with Gasteiger partial charge in [0.2, 0.25) is 0 Å². The van der Waals surface area contributed by atoms with Crippen molar-refractivity contribution in [2.75, 3.05) is 20.3 Å². The largest absolute Gasteiger partial charge is 0.476 e. The van der Waals surface area contributed by atoms with Crippen LogP contribution in [0.4, 0.5) is 0 Å². The summed E-state index contributed by atoms with van der Waals surface area (Å²) in [5.41, 5.74) is 0.159. The van der Waals surface area contributed by atoms with Gasteiger partial charge < -0.3 is 19.3 Å². The first-order valence-corrected chi connectivity index (χ1v) is 7.56. The molecule has 24 heavy (non-hydrogen) atoms. The number of rotatable bonds is 7. The number of carboxylic acids is 1. The molecule has 0 fully saturated rings. The lowest BCUT2D eigenvalue weighted by Gasteiger charge is -2.27. The number of carboxylic acid groups (broad SMARTS) is 1. The molecule has 1 amide bonds. The molecule has 1 aliphatic rings. The predicted octanol–water partition coefficient (Wildman–Crippen LogP) is -0.135. The fourth-order valence-electron chi connectivity index (χ4n) is 2.63. The van der Waals surface area contributed by atoms with Crippen molar-refractivity contribution >= 4 is 11.9 Å². The lowest BCUT2D eigenvalue weighted by molar-refractivity contribution is 0.0666. The Morgan fingerprint density at radius 3 is 3.00 bits per heavy atom. The number of amides is 1. The third-order valence-electron chi connectivity index (χ3n) is 3.86. The van der Waals surface area contributed by atoms with Gasteiger partial charge in [0.25, 0.3) is 5.91 Å². The number of aromatic nitrogens is 5. The molecular formula is C14H18N6O4. The Labute approximate surface area is 137 Å². The van der Waals surface area contributed by atoms with Crippen molar-refractivity contribution in [2.45, 2.75) is 26.1 Å². The molecule has 1 N–H and O–H groups in total. The summed E-state index contributed by atoms with van der Waals surface area (Å²) < 4.78 is 8.36. The summed E-state index contributed by atoms with van der Waals surface area (Å²) in [7, 11) is 1.65. The SMILES string of the molecule is COCCCn1cnnc1CN1CCn2nc(C(=O)O)cc2C1=O. The molecule has 0 saturated heterocycles. The maximum absolute atomic E-state index is 12.5. The number of aromatic carboxylic acids is 1. The fourth-order valence-corrected chi connectivity index (χ4v) is 2.63. The van der Waals surface area contributed by atoms with Crippen LogP contribution in [0.1, 0.15) is 33.2 Å². The average molecular weight is 334 g/mol. The number of fused-ring (bicyclic) bond motifs is 1. The first kappa shape index (κ1) is 16.1. The predicted molar refractivity (Wildman–Crippen MR) is 80.4 cm³/mol. The fraction of sp³-hybridized carbons (Fsp3) is 0.500. The molecule has 0 atom stereocenters. The minimum Gasteiger partial charge on any atom is -0.476 e. The van der Waals surface area contributed by atoms with E-state index >= 15 is 0 Å². The van der Waals surface area contributed by atoms with Crippen LogP contribution in [0, 0.1) is 0 Å². The van der Waals surface area contributed by atoms with Gasteiger partial charge in [-0.05, 0) is 6.42 Å². The van der Waals surface area contributed by atoms with Crippen molar-refractivity contribution < 1.29 is 19.4 Å². The molecule has 1 aliphatic heterocycles. The normalized spacial score (nSPS) is 14.0. The van der Waals surface area contributed by atoms with E-state index in [9.17, 15) is 9.59 Å². The highest BCUT2D eigenvalue weighted by molar-refractivity contribution is 5.96. The number of nitrogens with zero attached hydrogens (tertiary/aromatic N) is 6. The minimum absolute atomic E-state index is 0.122. The summed E-state index contributed by atoms with van der Waals surface area (Å²) >= 11 is 0. The van der Waals surface area contributed by atoms with Crippen LogP contribution >= 0.6 is 0 Å². The minimum atomic E-state index is -1.14. The second-order valence-corrected chi connectivity index (χ2v) is 5.46. The quantitative estimate of drug-likeness (QED) is 0.701. The molecule has 10 nitrogen and oxygen atoms in total. The standard InChI is InChI=1S/C14H18N6O4/c1-24-6-2-3-19-9-15-16-12(19)8-18-4-5-20-11(13(18)21)7-10(17-20)14(22)23/h7,9H,2-6,8H2,1H3,(H,22,23). The van der Waals surface area contributed by atoms with Crippen LogP contribution in [-0.4, -0.2) is 66.7 Å². The molecule has 0 aromatic carbocycles. The van der Waals surface area contributed by atoms with Crippen LogP contribution < -0.4 is 0 Å². The van der Waals surface area contributed by atoms with Crippen LogP contribution in [0.3, 0.4) is 0 Å². The molecule has 0 aliphatic carbocycles. The van der Waals surface area contributed by atoms with E-state index in [1.807, 2.05) is 4.57 Å². The molecule has 0 saturated carbocycles.